The Balaban J connectivity index is 2.90. The minimum absolute atomic E-state index is 0.0241. The summed E-state index contributed by atoms with van der Waals surface area (Å²) < 4.78 is 36.5. The molecule has 1 rings (SSSR count). The van der Waals surface area contributed by atoms with Gasteiger partial charge in [-0.1, -0.05) is 27.5 Å². The quantitative estimate of drug-likeness (QED) is 0.591. The maximum atomic E-state index is 12.2. The second-order valence-corrected chi connectivity index (χ2v) is 5.26. The molecule has 0 N–H and O–H groups in total. The number of alkyl halides is 4. The Morgan fingerprint density at radius 2 is 2.06 bits per heavy atom. The van der Waals surface area contributed by atoms with Gasteiger partial charge in [-0.2, -0.15) is 13.2 Å². The van der Waals surface area contributed by atoms with Crippen LogP contribution in [0.4, 0.5) is 13.2 Å². The van der Waals surface area contributed by atoms with Crippen molar-refractivity contribution in [3.05, 3.63) is 28.8 Å². The maximum absolute atomic E-state index is 12.2. The predicted molar refractivity (Wildman–Crippen MR) is 65.9 cm³/mol. The molecular formula is C10H7BrClF3OS. The fraction of sp³-hybridized carbons (Fsp3) is 0.300. The lowest BCUT2D eigenvalue weighted by atomic mass is 10.1. The second kappa shape index (κ2) is 6.11. The highest BCUT2D eigenvalue weighted by Gasteiger charge is 2.29. The van der Waals surface area contributed by atoms with Crippen molar-refractivity contribution in [1.29, 1.82) is 0 Å². The third-order valence-corrected chi connectivity index (χ3v) is 3.50. The molecule has 0 aliphatic heterocycles. The third kappa shape index (κ3) is 5.31. The van der Waals surface area contributed by atoms with Crippen molar-refractivity contribution in [3.8, 4) is 0 Å². The standard InChI is InChI=1S/C10H7BrClF3OS/c11-5-7(16)3-6-4-8(1-2-9(6)12)17-10(13,14)15/h1-2,4H,3,5H2. The normalized spacial score (nSPS) is 11.6. The van der Waals surface area contributed by atoms with Crippen LogP contribution in [0.5, 0.6) is 0 Å². The highest BCUT2D eigenvalue weighted by atomic mass is 79.9. The Hall–Kier alpha value is -0.200. The number of rotatable bonds is 4. The molecule has 0 saturated carbocycles. The van der Waals surface area contributed by atoms with Crippen molar-refractivity contribution in [1.82, 2.24) is 0 Å². The summed E-state index contributed by atoms with van der Waals surface area (Å²) >= 11 is 8.57. The first-order chi connectivity index (χ1) is 7.81. The highest BCUT2D eigenvalue weighted by Crippen LogP contribution is 2.38. The van der Waals surface area contributed by atoms with E-state index in [2.05, 4.69) is 15.9 Å². The summed E-state index contributed by atoms with van der Waals surface area (Å²) in [7, 11) is 0. The van der Waals surface area contributed by atoms with Gasteiger partial charge in [-0.15, -0.1) is 0 Å². The Kier molecular flexibility index (Phi) is 5.34. The SMILES string of the molecule is O=C(CBr)Cc1cc(SC(F)(F)F)ccc1Cl. The van der Waals surface area contributed by atoms with E-state index < -0.39 is 5.51 Å². The van der Waals surface area contributed by atoms with Crippen LogP contribution in [0.15, 0.2) is 23.1 Å². The summed E-state index contributed by atoms with van der Waals surface area (Å²) in [5, 5.41) is 0.450. The molecule has 0 bridgehead atoms. The zero-order chi connectivity index (χ0) is 13.1. The van der Waals surface area contributed by atoms with Crippen molar-refractivity contribution >= 4 is 45.1 Å². The molecule has 0 radical (unpaired) electrons. The maximum Gasteiger partial charge on any atom is 0.446 e. The molecule has 0 amide bonds. The van der Waals surface area contributed by atoms with Crippen LogP contribution in [0.3, 0.4) is 0 Å². The van der Waals surface area contributed by atoms with Gasteiger partial charge in [-0.3, -0.25) is 4.79 Å². The number of thioether (sulfide) groups is 1. The molecule has 0 fully saturated rings. The second-order valence-electron chi connectivity index (χ2n) is 3.15. The van der Waals surface area contributed by atoms with Gasteiger partial charge in [0.15, 0.2) is 0 Å². The van der Waals surface area contributed by atoms with Gasteiger partial charge >= 0.3 is 5.51 Å². The molecule has 0 saturated heterocycles. The number of carbonyl (C=O) groups is 1. The van der Waals surface area contributed by atoms with Crippen LogP contribution >= 0.6 is 39.3 Å². The Morgan fingerprint density at radius 3 is 2.59 bits per heavy atom. The van der Waals surface area contributed by atoms with Crippen molar-refractivity contribution in [2.24, 2.45) is 0 Å². The lowest BCUT2D eigenvalue weighted by Gasteiger charge is -2.08. The van der Waals surface area contributed by atoms with Crippen LogP contribution in [0.1, 0.15) is 5.56 Å². The minimum atomic E-state index is -4.34. The fourth-order valence-electron chi connectivity index (χ4n) is 1.14. The van der Waals surface area contributed by atoms with E-state index >= 15 is 0 Å². The predicted octanol–water partition coefficient (Wildman–Crippen LogP) is 4.46. The zero-order valence-corrected chi connectivity index (χ0v) is 11.5. The third-order valence-electron chi connectivity index (χ3n) is 1.79. The number of halogens is 5. The number of carbonyl (C=O) groups excluding carboxylic acids is 1. The van der Waals surface area contributed by atoms with Crippen LogP contribution < -0.4 is 0 Å². The van der Waals surface area contributed by atoms with E-state index in [0.717, 1.165) is 0 Å². The van der Waals surface area contributed by atoms with Crippen molar-refractivity contribution in [2.45, 2.75) is 16.8 Å². The summed E-state index contributed by atoms with van der Waals surface area (Å²) in [6.07, 6.45) is 0.0241. The molecule has 0 heterocycles. The van der Waals surface area contributed by atoms with E-state index in [9.17, 15) is 18.0 Å². The Morgan fingerprint density at radius 1 is 1.41 bits per heavy atom. The Labute approximate surface area is 114 Å². The lowest BCUT2D eigenvalue weighted by molar-refractivity contribution is -0.115. The van der Waals surface area contributed by atoms with Gasteiger partial charge in [-0.05, 0) is 35.5 Å². The van der Waals surface area contributed by atoms with Gasteiger partial charge in [0, 0.05) is 16.3 Å². The molecular weight excluding hydrogens is 341 g/mol. The monoisotopic (exact) mass is 346 g/mol. The molecule has 0 spiro atoms. The van der Waals surface area contributed by atoms with Gasteiger partial charge in [0.2, 0.25) is 0 Å². The van der Waals surface area contributed by atoms with Gasteiger partial charge in [0.25, 0.3) is 0 Å². The van der Waals surface area contributed by atoms with E-state index in [-0.39, 0.29) is 34.2 Å². The average Bonchev–Trinajstić information content (AvgIpc) is 2.20. The molecule has 17 heavy (non-hydrogen) atoms. The average molecular weight is 348 g/mol. The van der Waals surface area contributed by atoms with Crippen LogP contribution in [-0.4, -0.2) is 16.6 Å². The van der Waals surface area contributed by atoms with Crippen molar-refractivity contribution in [3.63, 3.8) is 0 Å². The van der Waals surface area contributed by atoms with E-state index in [4.69, 9.17) is 11.6 Å². The largest absolute Gasteiger partial charge is 0.446 e. The Bertz CT molecular complexity index is 423. The van der Waals surface area contributed by atoms with Crippen LogP contribution in [0.2, 0.25) is 5.02 Å². The zero-order valence-electron chi connectivity index (χ0n) is 8.35. The molecule has 7 heteroatoms. The molecule has 1 nitrogen and oxygen atoms in total. The van der Waals surface area contributed by atoms with Crippen LogP contribution in [0, 0.1) is 0 Å². The fourth-order valence-corrected chi connectivity index (χ4v) is 2.13. The number of Topliss-reactive ketones (excluding diaryl/α,β-unsaturated/α-hetero) is 1. The van der Waals surface area contributed by atoms with Crippen molar-refractivity contribution < 1.29 is 18.0 Å². The number of hydrogen-bond acceptors (Lipinski definition) is 2. The minimum Gasteiger partial charge on any atom is -0.298 e. The van der Waals surface area contributed by atoms with Gasteiger partial charge < -0.3 is 0 Å². The molecule has 1 aromatic carbocycles. The molecule has 0 aliphatic carbocycles. The van der Waals surface area contributed by atoms with Gasteiger partial charge in [0.05, 0.1) is 5.33 Å². The molecule has 0 aromatic heterocycles. The summed E-state index contributed by atoms with van der Waals surface area (Å²) in [4.78, 5) is 11.2. The van der Waals surface area contributed by atoms with Crippen LogP contribution in [0.25, 0.3) is 0 Å². The highest BCUT2D eigenvalue weighted by molar-refractivity contribution is 9.09. The molecule has 0 unspecified atom stereocenters. The number of benzene rings is 1. The molecule has 0 aliphatic rings. The van der Waals surface area contributed by atoms with E-state index in [0.29, 0.717) is 10.6 Å². The topological polar surface area (TPSA) is 17.1 Å². The number of hydrogen-bond donors (Lipinski definition) is 0. The van der Waals surface area contributed by atoms with Crippen molar-refractivity contribution in [2.75, 3.05) is 5.33 Å². The summed E-state index contributed by atoms with van der Waals surface area (Å²) in [6, 6.07) is 3.94. The lowest BCUT2D eigenvalue weighted by Crippen LogP contribution is -2.05. The first-order valence-corrected chi connectivity index (χ1v) is 6.75. The molecule has 0 atom stereocenters. The smallest absolute Gasteiger partial charge is 0.298 e. The molecule has 94 valence electrons. The van der Waals surface area contributed by atoms with E-state index in [1.54, 1.807) is 0 Å². The number of ketones is 1. The molecule has 1 aromatic rings. The van der Waals surface area contributed by atoms with E-state index in [1.165, 1.54) is 18.2 Å². The first-order valence-electron chi connectivity index (χ1n) is 4.43. The summed E-state index contributed by atoms with van der Waals surface area (Å²) in [6.45, 7) is 0. The van der Waals surface area contributed by atoms with Crippen LogP contribution in [-0.2, 0) is 11.2 Å². The summed E-state index contributed by atoms with van der Waals surface area (Å²) in [5.74, 6) is -0.138. The van der Waals surface area contributed by atoms with Gasteiger partial charge in [0.1, 0.15) is 5.78 Å². The summed E-state index contributed by atoms with van der Waals surface area (Å²) in [5.41, 5.74) is -3.93. The van der Waals surface area contributed by atoms with Gasteiger partial charge in [-0.25, -0.2) is 0 Å². The van der Waals surface area contributed by atoms with E-state index in [1.807, 2.05) is 0 Å². The first kappa shape index (κ1) is 14.9.